The first kappa shape index (κ1) is 29.1. The molecule has 0 bridgehead atoms. The molecule has 3 heterocycles. The Hall–Kier alpha value is -4.63. The van der Waals surface area contributed by atoms with Gasteiger partial charge in [-0.05, 0) is 81.4 Å². The number of nitrogens with zero attached hydrogens (tertiary/aromatic N) is 2. The summed E-state index contributed by atoms with van der Waals surface area (Å²) >= 11 is 0. The Labute approximate surface area is 319 Å². The molecule has 7 aromatic rings. The quantitative estimate of drug-likeness (QED) is 0.166. The van der Waals surface area contributed by atoms with Gasteiger partial charge in [-0.25, -0.2) is 0 Å². The van der Waals surface area contributed by atoms with Crippen LogP contribution >= 0.6 is 0 Å². The number of rotatable bonds is 4. The minimum Gasteiger partial charge on any atom is -0.458 e. The van der Waals surface area contributed by atoms with E-state index >= 15 is 0 Å². The van der Waals surface area contributed by atoms with Crippen LogP contribution in [0.4, 0.5) is 0 Å². The van der Waals surface area contributed by atoms with Crippen molar-refractivity contribution >= 4 is 11.0 Å². The Bertz CT molecular complexity index is 2390. The van der Waals surface area contributed by atoms with Crippen LogP contribution < -0.4 is 0 Å². The van der Waals surface area contributed by atoms with E-state index in [2.05, 4.69) is 55.0 Å². The summed E-state index contributed by atoms with van der Waals surface area (Å²) in [6.45, 7) is 7.67. The third-order valence-corrected chi connectivity index (χ3v) is 8.48. The predicted octanol–water partition coefficient (Wildman–Crippen LogP) is 12.4. The summed E-state index contributed by atoms with van der Waals surface area (Å²) in [7, 11) is 0. The molecule has 0 spiro atoms. The summed E-state index contributed by atoms with van der Waals surface area (Å²) < 4.78 is 55.2. The smallest absolute Gasteiger partial charge is 0.134 e. The molecule has 0 aliphatic heterocycles. The van der Waals surface area contributed by atoms with Crippen LogP contribution in [-0.4, -0.2) is 9.97 Å². The third kappa shape index (κ3) is 8.38. The van der Waals surface area contributed by atoms with Crippen molar-refractivity contribution in [2.45, 2.75) is 66.1 Å². The summed E-state index contributed by atoms with van der Waals surface area (Å²) in [5, 5.41) is 0.986. The number of hydrogen-bond acceptors (Lipinski definition) is 3. The zero-order valence-electron chi connectivity index (χ0n) is 35.2. The molecule has 50 heavy (non-hydrogen) atoms. The molecule has 0 N–H and O–H groups in total. The Kier molecular flexibility index (Phi) is 8.79. The van der Waals surface area contributed by atoms with Gasteiger partial charge in [0, 0.05) is 46.1 Å². The maximum absolute atomic E-state index is 8.24. The number of aromatic nitrogens is 2. The Balaban J connectivity index is 0.000000295. The van der Waals surface area contributed by atoms with Crippen LogP contribution in [0.5, 0.6) is 0 Å². The normalized spacial score (nSPS) is 13.7. The number of benzene rings is 4. The molecule has 0 unspecified atom stereocenters. The summed E-state index contributed by atoms with van der Waals surface area (Å²) in [6.07, 6.45) is 3.27. The first-order valence-corrected chi connectivity index (χ1v) is 16.4. The molecule has 3 nitrogen and oxygen atoms in total. The Morgan fingerprint density at radius 3 is 2.00 bits per heavy atom. The largest absolute Gasteiger partial charge is 0.458 e. The maximum atomic E-state index is 8.24. The van der Waals surface area contributed by atoms with Crippen molar-refractivity contribution in [3.63, 3.8) is 0 Å². The van der Waals surface area contributed by atoms with E-state index in [0.717, 1.165) is 33.4 Å². The number of fused-ring (bicyclic) bond motifs is 1. The van der Waals surface area contributed by atoms with Crippen molar-refractivity contribution in [2.75, 3.05) is 0 Å². The second kappa shape index (κ2) is 15.1. The van der Waals surface area contributed by atoms with E-state index in [1.165, 1.54) is 11.8 Å². The molecule has 4 heteroatoms. The van der Waals surface area contributed by atoms with E-state index in [-0.39, 0.29) is 42.1 Å². The topological polar surface area (TPSA) is 38.9 Å². The molecule has 0 atom stereocenters. The zero-order chi connectivity index (χ0) is 39.8. The minimum atomic E-state index is -2.49. The van der Waals surface area contributed by atoms with Gasteiger partial charge >= 0.3 is 0 Å². The van der Waals surface area contributed by atoms with Gasteiger partial charge < -0.3 is 14.4 Å². The van der Waals surface area contributed by atoms with E-state index in [9.17, 15) is 0 Å². The maximum Gasteiger partial charge on any atom is 0.134 e. The second-order valence-electron chi connectivity index (χ2n) is 14.2. The molecule has 4 aromatic carbocycles. The van der Waals surface area contributed by atoms with Gasteiger partial charge in [0.1, 0.15) is 11.3 Å². The standard InChI is InChI=1S/C31H28NO.C15H16N.Ir/c1-20-15-25(31(3,4)5)13-14-26(20)27-18-28(32-19-21(27)2)22-10-8-11-23(16-22)30-17-24-9-6-7-12-29(24)33-30;1-15(2,3)13-9-10-14(16-11-13)12-7-5-4-6-8-12;/h6-9,11-19H,1-5H3;4-7,9-11H,1-3H3;/q2*-1;/i1D3,2D3;;. The minimum absolute atomic E-state index is 0. The Morgan fingerprint density at radius 1 is 0.600 bits per heavy atom. The second-order valence-corrected chi connectivity index (χ2v) is 14.2. The van der Waals surface area contributed by atoms with E-state index < -0.39 is 13.7 Å². The van der Waals surface area contributed by atoms with Crippen LogP contribution in [0.1, 0.15) is 72.0 Å². The molecule has 1 radical (unpaired) electrons. The number of furan rings is 1. The first-order valence-electron chi connectivity index (χ1n) is 19.4. The van der Waals surface area contributed by atoms with E-state index in [1.807, 2.05) is 99.8 Å². The van der Waals surface area contributed by atoms with E-state index in [1.54, 1.807) is 24.3 Å². The summed E-state index contributed by atoms with van der Waals surface area (Å²) in [6, 6.07) is 40.6. The van der Waals surface area contributed by atoms with Crippen LogP contribution in [0.2, 0.25) is 0 Å². The van der Waals surface area contributed by atoms with Crippen LogP contribution in [-0.2, 0) is 30.9 Å². The molecule has 7 rings (SSSR count). The number of aryl methyl sites for hydroxylation is 2. The fourth-order valence-electron chi connectivity index (χ4n) is 5.51. The molecule has 3 aromatic heterocycles. The fourth-order valence-corrected chi connectivity index (χ4v) is 5.51. The van der Waals surface area contributed by atoms with Crippen molar-refractivity contribution in [1.29, 1.82) is 0 Å². The monoisotopic (exact) mass is 839 g/mol. The van der Waals surface area contributed by atoms with Gasteiger partial charge in [-0.15, -0.1) is 65.7 Å². The van der Waals surface area contributed by atoms with Gasteiger partial charge in [0.05, 0.1) is 0 Å². The van der Waals surface area contributed by atoms with Gasteiger partial charge in [-0.3, -0.25) is 0 Å². The molecule has 255 valence electrons. The summed E-state index contributed by atoms with van der Waals surface area (Å²) in [5.41, 5.74) is 7.50. The molecule has 0 amide bonds. The number of hydrogen-bond donors (Lipinski definition) is 0. The van der Waals surface area contributed by atoms with Crippen molar-refractivity contribution < 1.29 is 32.7 Å². The number of pyridine rings is 2. The van der Waals surface area contributed by atoms with Gasteiger partial charge in [0.25, 0.3) is 0 Å². The average molecular weight is 839 g/mol. The molecular formula is C46H44IrN2O-2. The molecule has 0 fully saturated rings. The third-order valence-electron chi connectivity index (χ3n) is 8.48. The van der Waals surface area contributed by atoms with Crippen molar-refractivity contribution in [2.24, 2.45) is 0 Å². The molecule has 0 saturated heterocycles. The van der Waals surface area contributed by atoms with Crippen LogP contribution in [0.15, 0.2) is 126 Å². The van der Waals surface area contributed by atoms with E-state index in [4.69, 9.17) is 12.6 Å². The van der Waals surface area contributed by atoms with Crippen LogP contribution in [0.3, 0.4) is 0 Å². The molecule has 0 aliphatic rings. The molecular weight excluding hydrogens is 789 g/mol. The SMILES string of the molecule is CC(C)(C)c1ccc(-c2[c-]cccc2)nc1.[2H]C([2H])([2H])c1cnc(-c2[c-]ccc(-c3cc4ccccc4o3)c2)cc1-c1ccc(C(C)(C)C)cc1C([2H])([2H])[2H].[Ir]. The molecule has 0 saturated carbocycles. The van der Waals surface area contributed by atoms with Gasteiger partial charge in [0.2, 0.25) is 0 Å². The van der Waals surface area contributed by atoms with Gasteiger partial charge in [0.15, 0.2) is 0 Å². The van der Waals surface area contributed by atoms with Crippen LogP contribution in [0, 0.1) is 25.8 Å². The van der Waals surface area contributed by atoms with Crippen molar-refractivity contribution in [3.8, 4) is 45.0 Å². The predicted molar refractivity (Wildman–Crippen MR) is 205 cm³/mol. The zero-order valence-corrected chi connectivity index (χ0v) is 31.6. The van der Waals surface area contributed by atoms with Crippen molar-refractivity contribution in [3.05, 3.63) is 156 Å². The van der Waals surface area contributed by atoms with E-state index in [0.29, 0.717) is 28.1 Å². The Morgan fingerprint density at radius 2 is 1.32 bits per heavy atom. The first-order chi connectivity index (χ1) is 25.8. The molecule has 0 aliphatic carbocycles. The fraction of sp³-hybridized carbons (Fsp3) is 0.217. The number of para-hydroxylation sites is 1. The summed E-state index contributed by atoms with van der Waals surface area (Å²) in [4.78, 5) is 8.95. The average Bonchev–Trinajstić information content (AvgIpc) is 3.58. The van der Waals surface area contributed by atoms with Gasteiger partial charge in [-0.1, -0.05) is 102 Å². The van der Waals surface area contributed by atoms with Crippen LogP contribution in [0.25, 0.3) is 55.9 Å². The summed E-state index contributed by atoms with van der Waals surface area (Å²) in [5.74, 6) is 0.688. The van der Waals surface area contributed by atoms with Crippen molar-refractivity contribution in [1.82, 2.24) is 9.97 Å². The van der Waals surface area contributed by atoms with Gasteiger partial charge in [-0.2, -0.15) is 0 Å².